The summed E-state index contributed by atoms with van der Waals surface area (Å²) in [6, 6.07) is 2.03. The van der Waals surface area contributed by atoms with Crippen molar-refractivity contribution in [1.82, 2.24) is 23.7 Å². The average molecular weight is 405 g/mol. The molecule has 0 aromatic carbocycles. The van der Waals surface area contributed by atoms with Crippen LogP contribution in [0.1, 0.15) is 5.69 Å². The molecule has 140 valence electrons. The van der Waals surface area contributed by atoms with Gasteiger partial charge in [-0.1, -0.05) is 23.1 Å². The Hall–Kier alpha value is -2.91. The minimum atomic E-state index is -0.623. The van der Waals surface area contributed by atoms with Crippen LogP contribution in [0.25, 0.3) is 11.2 Å². The summed E-state index contributed by atoms with van der Waals surface area (Å²) in [6.45, 7) is 1.34. The lowest BCUT2D eigenvalue weighted by Gasteiger charge is -2.08. The number of rotatable bonds is 5. The number of anilines is 1. The van der Waals surface area contributed by atoms with E-state index in [2.05, 4.69) is 15.3 Å². The van der Waals surface area contributed by atoms with Crippen molar-refractivity contribution in [3.63, 3.8) is 0 Å². The van der Waals surface area contributed by atoms with Crippen LogP contribution in [0, 0.1) is 18.3 Å². The second kappa shape index (κ2) is 7.37. The number of carbonyl (C=O) groups is 1. The molecule has 0 spiro atoms. The predicted octanol–water partition coefficient (Wildman–Crippen LogP) is 0.453. The molecule has 0 aliphatic carbocycles. The van der Waals surface area contributed by atoms with Gasteiger partial charge in [-0.15, -0.1) is 0 Å². The number of hydrogen-bond donors (Lipinski definition) is 1. The van der Waals surface area contributed by atoms with Crippen LogP contribution in [-0.4, -0.2) is 35.3 Å². The monoisotopic (exact) mass is 405 g/mol. The molecule has 12 heteroatoms. The molecule has 27 heavy (non-hydrogen) atoms. The third kappa shape index (κ3) is 3.51. The van der Waals surface area contributed by atoms with Gasteiger partial charge in [0, 0.05) is 14.1 Å². The fourth-order valence-electron chi connectivity index (χ4n) is 2.51. The number of imidazole rings is 1. The second-order valence-corrected chi connectivity index (χ2v) is 7.89. The molecule has 0 saturated heterocycles. The molecule has 0 bridgehead atoms. The highest BCUT2D eigenvalue weighted by atomic mass is 32.2. The van der Waals surface area contributed by atoms with Crippen LogP contribution in [0.5, 0.6) is 0 Å². The molecule has 0 aliphatic heterocycles. The molecule has 0 fully saturated rings. The first-order valence-corrected chi connectivity index (χ1v) is 9.51. The van der Waals surface area contributed by atoms with Crippen LogP contribution >= 0.6 is 23.1 Å². The number of thiazole rings is 1. The smallest absolute Gasteiger partial charge is 0.328 e. The largest absolute Gasteiger partial charge is 0.332 e. The summed E-state index contributed by atoms with van der Waals surface area (Å²) in [4.78, 5) is 45.7. The van der Waals surface area contributed by atoms with Crippen LogP contribution in [0.2, 0.25) is 0 Å². The Kier molecular flexibility index (Phi) is 5.15. The van der Waals surface area contributed by atoms with E-state index in [1.54, 1.807) is 14.0 Å². The van der Waals surface area contributed by atoms with Gasteiger partial charge in [0.15, 0.2) is 16.3 Å². The highest BCUT2D eigenvalue weighted by molar-refractivity contribution is 8.01. The molecule has 0 atom stereocenters. The lowest BCUT2D eigenvalue weighted by atomic mass is 10.4. The summed E-state index contributed by atoms with van der Waals surface area (Å²) in [7, 11) is 3.14. The van der Waals surface area contributed by atoms with Gasteiger partial charge in [0.1, 0.15) is 6.54 Å². The number of thioether (sulfide) groups is 1. The summed E-state index contributed by atoms with van der Waals surface area (Å²) >= 11 is 2.58. The van der Waals surface area contributed by atoms with Crippen LogP contribution in [0.4, 0.5) is 5.13 Å². The SMILES string of the molecule is Cc1nc(NC(=O)Cn2c(=O)c3c(ncn3C)n(C)c2=O)sc1SCC#N. The molecule has 0 aliphatic rings. The number of amides is 1. The van der Waals surface area contributed by atoms with Gasteiger partial charge in [-0.25, -0.2) is 19.3 Å². The summed E-state index contributed by atoms with van der Waals surface area (Å²) in [5.74, 6) is -0.256. The van der Waals surface area contributed by atoms with Crippen LogP contribution in [0.15, 0.2) is 20.1 Å². The number of aromatic nitrogens is 5. The first-order valence-electron chi connectivity index (χ1n) is 7.71. The van der Waals surface area contributed by atoms with Gasteiger partial charge in [-0.3, -0.25) is 14.2 Å². The number of hydrogen-bond acceptors (Lipinski definition) is 8. The minimum absolute atomic E-state index is 0.241. The van der Waals surface area contributed by atoms with Crippen molar-refractivity contribution >= 4 is 45.3 Å². The van der Waals surface area contributed by atoms with E-state index in [1.165, 1.54) is 45.6 Å². The summed E-state index contributed by atoms with van der Waals surface area (Å²) in [5.41, 5.74) is 0.00903. The highest BCUT2D eigenvalue weighted by Gasteiger charge is 2.18. The minimum Gasteiger partial charge on any atom is -0.328 e. The van der Waals surface area contributed by atoms with E-state index in [0.29, 0.717) is 10.8 Å². The van der Waals surface area contributed by atoms with Gasteiger partial charge in [0.05, 0.1) is 28.1 Å². The highest BCUT2D eigenvalue weighted by Crippen LogP contribution is 2.31. The maximum Gasteiger partial charge on any atom is 0.332 e. The van der Waals surface area contributed by atoms with Crippen molar-refractivity contribution < 1.29 is 4.79 Å². The van der Waals surface area contributed by atoms with Crippen LogP contribution in [0.3, 0.4) is 0 Å². The fraction of sp³-hybridized carbons (Fsp3) is 0.333. The van der Waals surface area contributed by atoms with Crippen molar-refractivity contribution in [2.45, 2.75) is 17.7 Å². The molecule has 10 nitrogen and oxygen atoms in total. The number of nitriles is 1. The van der Waals surface area contributed by atoms with E-state index in [0.717, 1.165) is 8.78 Å². The molecule has 3 aromatic rings. The Labute approximate surface area is 161 Å². The summed E-state index contributed by atoms with van der Waals surface area (Å²) in [5, 5.41) is 11.6. The van der Waals surface area contributed by atoms with Gasteiger partial charge in [0.2, 0.25) is 5.91 Å². The lowest BCUT2D eigenvalue weighted by molar-refractivity contribution is -0.116. The van der Waals surface area contributed by atoms with Crippen molar-refractivity contribution in [2.24, 2.45) is 14.1 Å². The lowest BCUT2D eigenvalue weighted by Crippen LogP contribution is -2.42. The fourth-order valence-corrected chi connectivity index (χ4v) is 4.32. The van der Waals surface area contributed by atoms with E-state index >= 15 is 0 Å². The molecule has 1 N–H and O–H groups in total. The molecule has 0 radical (unpaired) electrons. The normalized spacial score (nSPS) is 10.9. The van der Waals surface area contributed by atoms with Crippen molar-refractivity contribution in [3.8, 4) is 6.07 Å². The van der Waals surface area contributed by atoms with Crippen LogP contribution in [-0.2, 0) is 25.4 Å². The van der Waals surface area contributed by atoms with E-state index in [1.807, 2.05) is 6.07 Å². The Bertz CT molecular complexity index is 1200. The summed E-state index contributed by atoms with van der Waals surface area (Å²) in [6.07, 6.45) is 1.44. The number of nitrogens with zero attached hydrogens (tertiary/aromatic N) is 6. The molecule has 3 rings (SSSR count). The Morgan fingerprint density at radius 2 is 2.15 bits per heavy atom. The maximum absolute atomic E-state index is 12.6. The van der Waals surface area contributed by atoms with Gasteiger partial charge < -0.3 is 9.88 Å². The van der Waals surface area contributed by atoms with Gasteiger partial charge in [-0.05, 0) is 6.92 Å². The standard InChI is InChI=1S/C15H15N7O3S2/c1-8-13(26-5-4-16)27-14(18-8)19-9(23)6-22-12(24)10-11(17-7-20(10)2)21(3)15(22)25/h7H,5-6H2,1-3H3,(H,18,19,23). The molecule has 0 saturated carbocycles. The third-order valence-corrected chi connectivity index (χ3v) is 6.07. The second-order valence-electron chi connectivity index (χ2n) is 5.65. The molecule has 0 unspecified atom stereocenters. The number of carbonyl (C=O) groups excluding carboxylic acids is 1. The van der Waals surface area contributed by atoms with Crippen molar-refractivity contribution in [1.29, 1.82) is 5.26 Å². The number of aryl methyl sites for hydroxylation is 3. The topological polar surface area (TPSA) is 128 Å². The average Bonchev–Trinajstić information content (AvgIpc) is 3.17. The van der Waals surface area contributed by atoms with E-state index < -0.39 is 23.7 Å². The Morgan fingerprint density at radius 1 is 1.41 bits per heavy atom. The zero-order valence-electron chi connectivity index (χ0n) is 14.7. The van der Waals surface area contributed by atoms with Gasteiger partial charge in [-0.2, -0.15) is 5.26 Å². The zero-order chi connectivity index (χ0) is 19.7. The van der Waals surface area contributed by atoms with E-state index in [9.17, 15) is 14.4 Å². The van der Waals surface area contributed by atoms with Crippen LogP contribution < -0.4 is 16.6 Å². The molecule has 3 aromatic heterocycles. The quantitative estimate of drug-likeness (QED) is 0.611. The van der Waals surface area contributed by atoms with Crippen molar-refractivity contribution in [3.05, 3.63) is 32.9 Å². The first-order chi connectivity index (χ1) is 12.8. The zero-order valence-corrected chi connectivity index (χ0v) is 16.3. The number of nitrogens with one attached hydrogen (secondary N) is 1. The van der Waals surface area contributed by atoms with Gasteiger partial charge in [0.25, 0.3) is 5.56 Å². The first kappa shape index (κ1) is 18.9. The molecule has 1 amide bonds. The summed E-state index contributed by atoms with van der Waals surface area (Å²) < 4.78 is 4.43. The van der Waals surface area contributed by atoms with Crippen molar-refractivity contribution in [2.75, 3.05) is 11.1 Å². The van der Waals surface area contributed by atoms with E-state index in [4.69, 9.17) is 5.26 Å². The molecular weight excluding hydrogens is 390 g/mol. The Morgan fingerprint density at radius 3 is 2.85 bits per heavy atom. The number of fused-ring (bicyclic) bond motifs is 1. The molecule has 3 heterocycles. The Balaban J connectivity index is 1.87. The predicted molar refractivity (Wildman–Crippen MR) is 102 cm³/mol. The van der Waals surface area contributed by atoms with E-state index in [-0.39, 0.29) is 16.9 Å². The molecular formula is C15H15N7O3S2. The third-order valence-electron chi connectivity index (χ3n) is 3.77. The maximum atomic E-state index is 12.6. The van der Waals surface area contributed by atoms with Gasteiger partial charge >= 0.3 is 5.69 Å².